The Balaban J connectivity index is 1.10. The number of benzene rings is 10. The molecule has 0 saturated carbocycles. The van der Waals surface area contributed by atoms with Gasteiger partial charge in [-0.05, 0) is 166 Å². The molecule has 0 radical (unpaired) electrons. The van der Waals surface area contributed by atoms with Gasteiger partial charge in [0.05, 0.1) is 10.8 Å². The van der Waals surface area contributed by atoms with Gasteiger partial charge in [-0.15, -0.1) is 0 Å². The molecule has 10 aromatic carbocycles. The van der Waals surface area contributed by atoms with E-state index in [4.69, 9.17) is 0 Å². The van der Waals surface area contributed by atoms with Gasteiger partial charge >= 0.3 is 0 Å². The van der Waals surface area contributed by atoms with Gasteiger partial charge in [-0.3, -0.25) is 0 Å². The number of aryl methyl sites for hydroxylation is 2. The first kappa shape index (κ1) is 49.9. The first-order valence-electron chi connectivity index (χ1n) is 27.7. The highest BCUT2D eigenvalue weighted by Gasteiger charge is 2.48. The van der Waals surface area contributed by atoms with Crippen molar-refractivity contribution in [1.29, 1.82) is 0 Å². The summed E-state index contributed by atoms with van der Waals surface area (Å²) in [5.41, 5.74) is 26.5. The second-order valence-electron chi connectivity index (χ2n) is 25.1. The number of hydrogen-bond donors (Lipinski definition) is 0. The van der Waals surface area contributed by atoms with Gasteiger partial charge in [0.2, 0.25) is 0 Å². The maximum absolute atomic E-state index is 2.55. The van der Waals surface area contributed by atoms with Crippen LogP contribution in [0.2, 0.25) is 0 Å². The van der Waals surface area contributed by atoms with Gasteiger partial charge in [-0.2, -0.15) is 0 Å². The largest absolute Gasteiger partial charge is 0.310 e. The summed E-state index contributed by atoms with van der Waals surface area (Å²) in [4.78, 5) is 2.55. The van der Waals surface area contributed by atoms with Crippen LogP contribution >= 0.6 is 0 Å². The van der Waals surface area contributed by atoms with Gasteiger partial charge in [0.15, 0.2) is 0 Å². The average molecular weight is 998 g/mol. The quantitative estimate of drug-likeness (QED) is 0.147. The van der Waals surface area contributed by atoms with Crippen molar-refractivity contribution < 1.29 is 0 Å². The van der Waals surface area contributed by atoms with Gasteiger partial charge in [-0.25, -0.2) is 0 Å². The van der Waals surface area contributed by atoms with Gasteiger partial charge < -0.3 is 4.90 Å². The maximum atomic E-state index is 2.55. The Kier molecular flexibility index (Phi) is 11.9. The van der Waals surface area contributed by atoms with Crippen LogP contribution in [-0.4, -0.2) is 0 Å². The van der Waals surface area contributed by atoms with Gasteiger partial charge in [-0.1, -0.05) is 263 Å². The number of anilines is 3. The van der Waals surface area contributed by atoms with Gasteiger partial charge in [0, 0.05) is 17.1 Å². The summed E-state index contributed by atoms with van der Waals surface area (Å²) < 4.78 is 0. The summed E-state index contributed by atoms with van der Waals surface area (Å²) in [6.07, 6.45) is 0. The minimum Gasteiger partial charge on any atom is -0.310 e. The van der Waals surface area contributed by atoms with Crippen LogP contribution in [0.25, 0.3) is 33.4 Å². The van der Waals surface area contributed by atoms with Gasteiger partial charge in [0.1, 0.15) is 0 Å². The molecule has 1 nitrogen and oxygen atoms in total. The van der Waals surface area contributed by atoms with E-state index in [1.807, 2.05) is 0 Å². The van der Waals surface area contributed by atoms with E-state index in [1.165, 1.54) is 106 Å². The maximum Gasteiger partial charge on any atom is 0.0714 e. The Morgan fingerprint density at radius 1 is 0.299 bits per heavy atom. The number of hydrogen-bond acceptors (Lipinski definition) is 1. The predicted octanol–water partition coefficient (Wildman–Crippen LogP) is 20.1. The Bertz CT molecular complexity index is 3780. The zero-order valence-corrected chi connectivity index (χ0v) is 46.9. The van der Waals surface area contributed by atoms with Crippen molar-refractivity contribution >= 4 is 17.1 Å². The summed E-state index contributed by atoms with van der Waals surface area (Å²) in [7, 11) is 0. The van der Waals surface area contributed by atoms with E-state index in [9.17, 15) is 0 Å². The third-order valence-electron chi connectivity index (χ3n) is 17.2. The summed E-state index contributed by atoms with van der Waals surface area (Å²) in [5.74, 6) is 0. The molecule has 12 rings (SSSR count). The molecule has 0 amide bonds. The molecule has 2 aliphatic carbocycles. The smallest absolute Gasteiger partial charge is 0.0714 e. The molecule has 0 bridgehead atoms. The molecule has 0 N–H and O–H groups in total. The Morgan fingerprint density at radius 3 is 1.08 bits per heavy atom. The topological polar surface area (TPSA) is 3.24 Å². The fraction of sp³-hybridized carbons (Fsp3) is 0.211. The molecule has 380 valence electrons. The van der Waals surface area contributed by atoms with Gasteiger partial charge in [0.25, 0.3) is 0 Å². The predicted molar refractivity (Wildman–Crippen MR) is 327 cm³/mol. The molecule has 1 heteroatoms. The van der Waals surface area contributed by atoms with Crippen LogP contribution in [0.1, 0.15) is 135 Å². The zero-order chi connectivity index (χ0) is 53.6. The van der Waals surface area contributed by atoms with Crippen LogP contribution in [0.4, 0.5) is 17.1 Å². The fourth-order valence-corrected chi connectivity index (χ4v) is 13.0. The fourth-order valence-electron chi connectivity index (χ4n) is 13.0. The monoisotopic (exact) mass is 998 g/mol. The second kappa shape index (κ2) is 18.3. The third-order valence-corrected chi connectivity index (χ3v) is 17.2. The van der Waals surface area contributed by atoms with E-state index in [1.54, 1.807) is 0 Å². The summed E-state index contributed by atoms with van der Waals surface area (Å²) in [5, 5.41) is 0. The van der Waals surface area contributed by atoms with Crippen molar-refractivity contribution in [2.24, 2.45) is 0 Å². The molecule has 0 spiro atoms. The van der Waals surface area contributed by atoms with E-state index in [-0.39, 0.29) is 16.2 Å². The lowest BCUT2D eigenvalue weighted by Crippen LogP contribution is -2.29. The Morgan fingerprint density at radius 2 is 0.649 bits per heavy atom. The van der Waals surface area contributed by atoms with E-state index in [0.29, 0.717) is 0 Å². The van der Waals surface area contributed by atoms with Crippen molar-refractivity contribution in [3.63, 3.8) is 0 Å². The lowest BCUT2D eigenvalue weighted by molar-refractivity contribution is 0.588. The first-order chi connectivity index (χ1) is 36.9. The zero-order valence-electron chi connectivity index (χ0n) is 46.9. The van der Waals surface area contributed by atoms with E-state index in [0.717, 1.165) is 17.1 Å². The molecule has 0 fully saturated rings. The summed E-state index contributed by atoms with van der Waals surface area (Å²) in [6, 6.07) is 88.7. The van der Waals surface area contributed by atoms with E-state index >= 15 is 0 Å². The second-order valence-corrected chi connectivity index (χ2v) is 25.1. The third kappa shape index (κ3) is 8.12. The summed E-state index contributed by atoms with van der Waals surface area (Å²) >= 11 is 0. The molecular formula is C76H71N. The molecule has 1 atom stereocenters. The standard InChI is InChI=1S/C76H71N/c1-50-25-26-51(2)71(47-50)77(62-44-46-66-64-22-16-18-24-68(64)76(70(66)49-62,59-39-35-55(36-40-59)73(6,7)8)60-41-37-56(38-42-60)74(9,10)11)61-43-45-65-63-21-15-17-23-67(63)75(69(65)48-61,57-19-13-12-14-20-57)58-33-29-53(30-34-58)52-27-31-54(32-28-52)72(3,4)5/h12-49H,1-11H3. The number of nitrogens with zero attached hydrogens (tertiary/aromatic N) is 1. The van der Waals surface area contributed by atoms with Crippen molar-refractivity contribution in [3.8, 4) is 33.4 Å². The van der Waals surface area contributed by atoms with Crippen LogP contribution in [0.3, 0.4) is 0 Å². The molecule has 0 aromatic heterocycles. The van der Waals surface area contributed by atoms with E-state index < -0.39 is 10.8 Å². The lowest BCUT2D eigenvalue weighted by atomic mass is 9.67. The van der Waals surface area contributed by atoms with Crippen molar-refractivity contribution in [2.75, 3.05) is 4.90 Å². The average Bonchev–Trinajstić information content (AvgIpc) is 3.97. The van der Waals surface area contributed by atoms with Crippen molar-refractivity contribution in [1.82, 2.24) is 0 Å². The van der Waals surface area contributed by atoms with Crippen LogP contribution in [0, 0.1) is 13.8 Å². The molecular weight excluding hydrogens is 927 g/mol. The SMILES string of the molecule is Cc1ccc(C)c(N(c2ccc3c(c2)C(c2ccccc2)(c2ccc(-c4ccc(C(C)(C)C)cc4)cc2)c2ccccc2-3)c2ccc3c(c2)C(c2ccc(C(C)(C)C)cc2)(c2ccc(C(C)(C)C)cc2)c2ccccc2-3)c1. The molecule has 10 aromatic rings. The molecule has 2 aliphatic rings. The Labute approximate surface area is 459 Å². The molecule has 0 saturated heterocycles. The lowest BCUT2D eigenvalue weighted by Gasteiger charge is -2.36. The minimum absolute atomic E-state index is 0.0165. The van der Waals surface area contributed by atoms with Crippen LogP contribution in [0.15, 0.2) is 231 Å². The highest BCUT2D eigenvalue weighted by Crippen LogP contribution is 2.60. The first-order valence-corrected chi connectivity index (χ1v) is 27.7. The van der Waals surface area contributed by atoms with Crippen LogP contribution in [-0.2, 0) is 27.1 Å². The molecule has 0 aliphatic heterocycles. The minimum atomic E-state index is -0.599. The highest BCUT2D eigenvalue weighted by molar-refractivity contribution is 5.93. The number of rotatable bonds is 8. The summed E-state index contributed by atoms with van der Waals surface area (Å²) in [6.45, 7) is 25.2. The highest BCUT2D eigenvalue weighted by atomic mass is 15.1. The normalized spacial score (nSPS) is 15.4. The Hall–Kier alpha value is -8.00. The molecule has 1 unspecified atom stereocenters. The number of fused-ring (bicyclic) bond motifs is 6. The van der Waals surface area contributed by atoms with Crippen molar-refractivity contribution in [2.45, 2.75) is 103 Å². The van der Waals surface area contributed by atoms with Crippen LogP contribution < -0.4 is 4.90 Å². The van der Waals surface area contributed by atoms with E-state index in [2.05, 4.69) is 312 Å². The molecule has 77 heavy (non-hydrogen) atoms. The molecule has 0 heterocycles. The van der Waals surface area contributed by atoms with Crippen molar-refractivity contribution in [3.05, 3.63) is 303 Å². The van der Waals surface area contributed by atoms with Crippen LogP contribution in [0.5, 0.6) is 0 Å².